The molecule has 0 radical (unpaired) electrons. The van der Waals surface area contributed by atoms with Gasteiger partial charge in [0.1, 0.15) is 0 Å². The van der Waals surface area contributed by atoms with Gasteiger partial charge in [0.2, 0.25) is 0 Å². The van der Waals surface area contributed by atoms with Crippen molar-refractivity contribution in [3.8, 4) is 0 Å². The number of hydrogen-bond donors (Lipinski definition) is 1. The Bertz CT molecular complexity index is 420. The van der Waals surface area contributed by atoms with Crippen LogP contribution in [0.5, 0.6) is 0 Å². The van der Waals surface area contributed by atoms with E-state index < -0.39 is 0 Å². The van der Waals surface area contributed by atoms with E-state index in [2.05, 4.69) is 67.6 Å². The van der Waals surface area contributed by atoms with Gasteiger partial charge in [-0.05, 0) is 30.0 Å². The minimum absolute atomic E-state index is 0.455. The van der Waals surface area contributed by atoms with E-state index in [1.165, 1.54) is 11.1 Å². The highest BCUT2D eigenvalue weighted by atomic mass is 14.5. The number of benzene rings is 2. The van der Waals surface area contributed by atoms with E-state index in [1.54, 1.807) is 0 Å². The molecule has 0 aromatic heterocycles. The van der Waals surface area contributed by atoms with E-state index >= 15 is 0 Å². The van der Waals surface area contributed by atoms with Crippen molar-refractivity contribution in [1.29, 1.82) is 0 Å². The van der Waals surface area contributed by atoms with Crippen LogP contribution in [0.2, 0.25) is 0 Å². The van der Waals surface area contributed by atoms with Gasteiger partial charge in [0.15, 0.2) is 0 Å². The number of rotatable bonds is 6. The largest absolute Gasteiger partial charge is 0.330 e. The maximum Gasteiger partial charge on any atom is 0.00924 e. The Kier molecular flexibility index (Phi) is 5.17. The van der Waals surface area contributed by atoms with Gasteiger partial charge in [0, 0.05) is 5.92 Å². The smallest absolute Gasteiger partial charge is 0.00924 e. The summed E-state index contributed by atoms with van der Waals surface area (Å²) in [6.07, 6.45) is 2.27. The first-order chi connectivity index (χ1) is 9.35. The van der Waals surface area contributed by atoms with Crippen molar-refractivity contribution < 1.29 is 0 Å². The van der Waals surface area contributed by atoms with Crippen molar-refractivity contribution in [2.24, 2.45) is 11.7 Å². The quantitative estimate of drug-likeness (QED) is 0.820. The SMILES string of the molecule is CC[C@@H](CN)CC(c1ccccc1)c1ccccc1. The van der Waals surface area contributed by atoms with Crippen molar-refractivity contribution in [1.82, 2.24) is 0 Å². The van der Waals surface area contributed by atoms with E-state index in [-0.39, 0.29) is 0 Å². The van der Waals surface area contributed by atoms with Gasteiger partial charge in [0.05, 0.1) is 0 Å². The van der Waals surface area contributed by atoms with E-state index in [1.807, 2.05) is 0 Å². The lowest BCUT2D eigenvalue weighted by atomic mass is 9.83. The Balaban J connectivity index is 2.29. The van der Waals surface area contributed by atoms with Crippen LogP contribution in [0, 0.1) is 5.92 Å². The van der Waals surface area contributed by atoms with Crippen molar-refractivity contribution in [3.63, 3.8) is 0 Å². The predicted molar refractivity (Wildman–Crippen MR) is 82.2 cm³/mol. The summed E-state index contributed by atoms with van der Waals surface area (Å²) in [6, 6.07) is 21.5. The summed E-state index contributed by atoms with van der Waals surface area (Å²) in [5.74, 6) is 1.04. The molecular weight excluding hydrogens is 230 g/mol. The van der Waals surface area contributed by atoms with Crippen LogP contribution < -0.4 is 5.73 Å². The van der Waals surface area contributed by atoms with E-state index in [9.17, 15) is 0 Å². The van der Waals surface area contributed by atoms with Gasteiger partial charge in [-0.1, -0.05) is 74.0 Å². The summed E-state index contributed by atoms with van der Waals surface area (Å²) in [6.45, 7) is 3.00. The maximum absolute atomic E-state index is 5.89. The predicted octanol–water partition coefficient (Wildman–Crippen LogP) is 4.19. The zero-order valence-electron chi connectivity index (χ0n) is 11.6. The second-order valence-corrected chi connectivity index (χ2v) is 5.12. The standard InChI is InChI=1S/C18H23N/c1-2-15(14-19)13-18(16-9-5-3-6-10-16)17-11-7-4-8-12-17/h3-12,15,18H,2,13-14,19H2,1H3/t15-/m1/s1. The minimum atomic E-state index is 0.455. The lowest BCUT2D eigenvalue weighted by Gasteiger charge is -2.23. The van der Waals surface area contributed by atoms with Crippen LogP contribution in [-0.4, -0.2) is 6.54 Å². The number of hydrogen-bond acceptors (Lipinski definition) is 1. The van der Waals surface area contributed by atoms with Crippen LogP contribution in [0.15, 0.2) is 60.7 Å². The maximum atomic E-state index is 5.89. The molecule has 1 heteroatoms. The molecule has 0 amide bonds. The lowest BCUT2D eigenvalue weighted by Crippen LogP contribution is -2.17. The molecule has 0 bridgehead atoms. The zero-order valence-corrected chi connectivity index (χ0v) is 11.6. The molecule has 19 heavy (non-hydrogen) atoms. The molecule has 2 aromatic rings. The van der Waals surface area contributed by atoms with Crippen LogP contribution in [0.1, 0.15) is 36.8 Å². The summed E-state index contributed by atoms with van der Waals surface area (Å²) in [5, 5.41) is 0. The topological polar surface area (TPSA) is 26.0 Å². The first-order valence-corrected chi connectivity index (χ1v) is 7.15. The Morgan fingerprint density at radius 1 is 0.842 bits per heavy atom. The number of nitrogens with two attached hydrogens (primary N) is 1. The van der Waals surface area contributed by atoms with Gasteiger partial charge in [0.25, 0.3) is 0 Å². The molecule has 0 aliphatic rings. The average Bonchev–Trinajstić information content (AvgIpc) is 2.50. The zero-order chi connectivity index (χ0) is 13.5. The normalized spacial score (nSPS) is 12.6. The summed E-state index contributed by atoms with van der Waals surface area (Å²) in [5.41, 5.74) is 8.67. The molecule has 0 fully saturated rings. The fourth-order valence-electron chi connectivity index (χ4n) is 2.60. The summed E-state index contributed by atoms with van der Waals surface area (Å²) in [7, 11) is 0. The first kappa shape index (κ1) is 13.8. The van der Waals surface area contributed by atoms with Gasteiger partial charge < -0.3 is 5.73 Å². The Morgan fingerprint density at radius 3 is 1.68 bits per heavy atom. The second-order valence-electron chi connectivity index (χ2n) is 5.12. The monoisotopic (exact) mass is 253 g/mol. The third-order valence-electron chi connectivity index (χ3n) is 3.88. The molecule has 0 saturated heterocycles. The summed E-state index contributed by atoms with van der Waals surface area (Å²) < 4.78 is 0. The summed E-state index contributed by atoms with van der Waals surface area (Å²) in [4.78, 5) is 0. The molecule has 1 atom stereocenters. The van der Waals surface area contributed by atoms with Gasteiger partial charge in [-0.3, -0.25) is 0 Å². The van der Waals surface area contributed by atoms with Gasteiger partial charge >= 0.3 is 0 Å². The summed E-state index contributed by atoms with van der Waals surface area (Å²) >= 11 is 0. The lowest BCUT2D eigenvalue weighted by molar-refractivity contribution is 0.455. The Labute approximate surface area is 116 Å². The highest BCUT2D eigenvalue weighted by molar-refractivity contribution is 5.32. The fraction of sp³-hybridized carbons (Fsp3) is 0.333. The highest BCUT2D eigenvalue weighted by Gasteiger charge is 2.17. The molecule has 2 rings (SSSR count). The van der Waals surface area contributed by atoms with Gasteiger partial charge in [-0.15, -0.1) is 0 Å². The van der Waals surface area contributed by atoms with Crippen LogP contribution in [-0.2, 0) is 0 Å². The van der Waals surface area contributed by atoms with E-state index in [0.29, 0.717) is 11.8 Å². The Hall–Kier alpha value is -1.60. The second kappa shape index (κ2) is 7.10. The van der Waals surface area contributed by atoms with Crippen molar-refractivity contribution in [2.45, 2.75) is 25.7 Å². The molecule has 2 N–H and O–H groups in total. The molecule has 1 nitrogen and oxygen atoms in total. The Morgan fingerprint density at radius 2 is 1.32 bits per heavy atom. The molecule has 100 valence electrons. The van der Waals surface area contributed by atoms with Crippen molar-refractivity contribution >= 4 is 0 Å². The van der Waals surface area contributed by atoms with Crippen molar-refractivity contribution in [3.05, 3.63) is 71.8 Å². The van der Waals surface area contributed by atoms with Crippen LogP contribution in [0.25, 0.3) is 0 Å². The fourth-order valence-corrected chi connectivity index (χ4v) is 2.60. The van der Waals surface area contributed by atoms with Crippen LogP contribution in [0.3, 0.4) is 0 Å². The molecule has 0 spiro atoms. The van der Waals surface area contributed by atoms with Gasteiger partial charge in [-0.25, -0.2) is 0 Å². The molecule has 0 unspecified atom stereocenters. The van der Waals surface area contributed by atoms with Crippen molar-refractivity contribution in [2.75, 3.05) is 6.54 Å². The average molecular weight is 253 g/mol. The third-order valence-corrected chi connectivity index (χ3v) is 3.88. The molecule has 2 aromatic carbocycles. The minimum Gasteiger partial charge on any atom is -0.330 e. The van der Waals surface area contributed by atoms with E-state index in [4.69, 9.17) is 5.73 Å². The van der Waals surface area contributed by atoms with Gasteiger partial charge in [-0.2, -0.15) is 0 Å². The van der Waals surface area contributed by atoms with Crippen LogP contribution >= 0.6 is 0 Å². The molecular formula is C18H23N. The molecule has 0 aliphatic heterocycles. The third kappa shape index (κ3) is 3.68. The molecule has 0 aliphatic carbocycles. The first-order valence-electron chi connectivity index (χ1n) is 7.15. The van der Waals surface area contributed by atoms with E-state index in [0.717, 1.165) is 19.4 Å². The molecule has 0 heterocycles. The highest BCUT2D eigenvalue weighted by Crippen LogP contribution is 2.31. The molecule has 0 saturated carbocycles. The van der Waals surface area contributed by atoms with Crippen LogP contribution in [0.4, 0.5) is 0 Å².